The van der Waals surface area contributed by atoms with Crippen LogP contribution in [0, 0.1) is 33.5 Å². The maximum absolute atomic E-state index is 15.1. The Bertz CT molecular complexity index is 1330. The van der Waals surface area contributed by atoms with Gasteiger partial charge in [0.15, 0.2) is 18.2 Å². The lowest BCUT2D eigenvalue weighted by atomic mass is 9.30. The van der Waals surface area contributed by atoms with Crippen LogP contribution in [-0.4, -0.2) is 84.1 Å². The van der Waals surface area contributed by atoms with Gasteiger partial charge in [0, 0.05) is 50.0 Å². The van der Waals surface area contributed by atoms with Crippen LogP contribution < -0.4 is 0 Å². The van der Waals surface area contributed by atoms with Gasteiger partial charge in [0.2, 0.25) is 0 Å². The molecule has 11 nitrogen and oxygen atoms in total. The summed E-state index contributed by atoms with van der Waals surface area (Å²) in [6.45, 7) is 8.40. The summed E-state index contributed by atoms with van der Waals surface area (Å²) >= 11 is 0. The number of aliphatic hydroxyl groups is 2. The van der Waals surface area contributed by atoms with Crippen molar-refractivity contribution in [2.75, 3.05) is 13.7 Å². The molecule has 42 heavy (non-hydrogen) atoms. The van der Waals surface area contributed by atoms with Crippen molar-refractivity contribution in [3.63, 3.8) is 0 Å². The summed E-state index contributed by atoms with van der Waals surface area (Å²) in [5, 5.41) is 24.1. The predicted octanol–water partition coefficient (Wildman–Crippen LogP) is 2.12. The Labute approximate surface area is 244 Å². The van der Waals surface area contributed by atoms with E-state index in [1.165, 1.54) is 21.0 Å². The quantitative estimate of drug-likeness (QED) is 0.498. The molecule has 4 aliphatic carbocycles. The normalized spacial score (nSPS) is 53.7. The van der Waals surface area contributed by atoms with E-state index in [4.69, 9.17) is 28.1 Å². The van der Waals surface area contributed by atoms with Gasteiger partial charge in [-0.25, -0.2) is 0 Å². The molecule has 2 aliphatic heterocycles. The number of furan rings is 1. The van der Waals surface area contributed by atoms with E-state index >= 15 is 4.79 Å². The number of methoxy groups -OCH3 is 1. The third-order valence-electron chi connectivity index (χ3n) is 12.8. The second-order valence-electron chi connectivity index (χ2n) is 14.1. The first-order valence-corrected chi connectivity index (χ1v) is 14.8. The Morgan fingerprint density at radius 1 is 1.00 bits per heavy atom. The molecule has 2 bridgehead atoms. The van der Waals surface area contributed by atoms with Crippen LogP contribution in [0.5, 0.6) is 0 Å². The first kappa shape index (κ1) is 28.5. The Morgan fingerprint density at radius 3 is 2.33 bits per heavy atom. The highest BCUT2D eigenvalue weighted by Crippen LogP contribution is 2.82. The molecule has 0 radical (unpaired) electrons. The summed E-state index contributed by atoms with van der Waals surface area (Å²) in [5.74, 6) is -3.11. The molecule has 3 heterocycles. The Balaban J connectivity index is 1.44. The lowest BCUT2D eigenvalue weighted by Gasteiger charge is -2.81. The fourth-order valence-electron chi connectivity index (χ4n) is 11.5. The number of Topliss-reactive ketones (excluding diaryl/α,β-unsaturated/α-hetero) is 1. The van der Waals surface area contributed by atoms with Gasteiger partial charge in [0.1, 0.15) is 11.7 Å². The summed E-state index contributed by atoms with van der Waals surface area (Å²) in [6, 6.07) is 1.81. The topological polar surface area (TPSA) is 151 Å². The van der Waals surface area contributed by atoms with Gasteiger partial charge in [0.05, 0.1) is 48.3 Å². The van der Waals surface area contributed by atoms with Crippen LogP contribution in [0.25, 0.3) is 0 Å². The van der Waals surface area contributed by atoms with E-state index in [0.29, 0.717) is 6.42 Å². The Hall–Kier alpha value is -2.31. The summed E-state index contributed by atoms with van der Waals surface area (Å²) in [7, 11) is 1.53. The van der Waals surface area contributed by atoms with Crippen LogP contribution in [0.3, 0.4) is 0 Å². The summed E-state index contributed by atoms with van der Waals surface area (Å²) in [6.07, 6.45) is -1.34. The fourth-order valence-corrected chi connectivity index (χ4v) is 11.5. The van der Waals surface area contributed by atoms with E-state index in [9.17, 15) is 19.8 Å². The van der Waals surface area contributed by atoms with Crippen LogP contribution in [0.15, 0.2) is 23.0 Å². The number of ketones is 1. The van der Waals surface area contributed by atoms with E-state index in [-0.39, 0.29) is 25.2 Å². The average molecular weight is 589 g/mol. The molecule has 2 N–H and O–H groups in total. The highest BCUT2D eigenvalue weighted by atomic mass is 16.7. The highest BCUT2D eigenvalue weighted by Gasteiger charge is 2.92. The van der Waals surface area contributed by atoms with Crippen molar-refractivity contribution < 1.29 is 52.7 Å². The molecule has 0 aromatic carbocycles. The van der Waals surface area contributed by atoms with Gasteiger partial charge in [-0.3, -0.25) is 14.4 Å². The second-order valence-corrected chi connectivity index (χ2v) is 14.1. The molecule has 11 heteroatoms. The number of carbonyl (C=O) groups is 3. The first-order chi connectivity index (χ1) is 19.8. The number of hydrogen-bond acceptors (Lipinski definition) is 11. The van der Waals surface area contributed by atoms with E-state index in [2.05, 4.69) is 0 Å². The standard InChI is InChI=1S/C31H40O11/c1-14(32)40-21-11-19(34)30-13-39-26(37-6)27(21,3)18(30)10-22-29(5)24(30)23(36)25(41-15(2)33)28(4)17(16-7-8-38-12-16)9-20(35)31(28,29)42-22/h7-8,12,17-22,24-26,34-35H,9-11,13H2,1-6H3/t17-,18+,19+,20-,21-,22-,24+,25+,26?,27+,28-,29-,30-,31+/m1/s1. The number of aliphatic hydroxyl groups excluding tert-OH is 2. The molecule has 7 rings (SSSR count). The minimum Gasteiger partial charge on any atom is -0.472 e. The van der Waals surface area contributed by atoms with Gasteiger partial charge in [0.25, 0.3) is 0 Å². The van der Waals surface area contributed by atoms with Crippen molar-refractivity contribution in [3.05, 3.63) is 24.2 Å². The zero-order valence-corrected chi connectivity index (χ0v) is 24.8. The molecule has 1 spiro atoms. The van der Waals surface area contributed by atoms with E-state index in [0.717, 1.165) is 5.56 Å². The largest absolute Gasteiger partial charge is 0.472 e. The van der Waals surface area contributed by atoms with Crippen molar-refractivity contribution in [3.8, 4) is 0 Å². The minimum absolute atomic E-state index is 0.0132. The van der Waals surface area contributed by atoms with Crippen LogP contribution in [0.4, 0.5) is 0 Å². The number of carbonyl (C=O) groups excluding carboxylic acids is 3. The van der Waals surface area contributed by atoms with E-state index < -0.39 is 93.8 Å². The van der Waals surface area contributed by atoms with Crippen molar-refractivity contribution in [2.24, 2.45) is 33.5 Å². The Kier molecular flexibility index (Phi) is 5.86. The van der Waals surface area contributed by atoms with Crippen LogP contribution in [-0.2, 0) is 38.1 Å². The monoisotopic (exact) mass is 588 g/mol. The number of rotatable bonds is 4. The number of esters is 2. The number of ether oxygens (including phenoxy) is 5. The zero-order valence-electron chi connectivity index (χ0n) is 24.8. The molecule has 2 saturated heterocycles. The van der Waals surface area contributed by atoms with E-state index in [1.54, 1.807) is 12.5 Å². The van der Waals surface area contributed by atoms with Crippen molar-refractivity contribution in [2.45, 2.75) is 102 Å². The SMILES string of the molecule is COC1OC[C@@]23[C@H]4C(=O)[C@H](OC(C)=O)[C@@]5(C)[C@@H](c6ccoc6)C[C@@H](O)[C@]56O[C@H](C[C@H]2[C@@]1(C)[C@H](OC(C)=O)C[C@@H]3O)[C@]46C. The van der Waals surface area contributed by atoms with Crippen LogP contribution in [0.1, 0.15) is 65.4 Å². The van der Waals surface area contributed by atoms with Gasteiger partial charge in [-0.15, -0.1) is 0 Å². The summed E-state index contributed by atoms with van der Waals surface area (Å²) in [4.78, 5) is 39.9. The zero-order chi connectivity index (χ0) is 30.2. The smallest absolute Gasteiger partial charge is 0.303 e. The van der Waals surface area contributed by atoms with Gasteiger partial charge in [-0.05, 0) is 30.4 Å². The van der Waals surface area contributed by atoms with Gasteiger partial charge in [-0.2, -0.15) is 0 Å². The average Bonchev–Trinajstić information content (AvgIpc) is 3.52. The van der Waals surface area contributed by atoms with Crippen molar-refractivity contribution in [1.29, 1.82) is 0 Å². The Morgan fingerprint density at radius 2 is 1.71 bits per heavy atom. The molecule has 6 fully saturated rings. The lowest BCUT2D eigenvalue weighted by Crippen LogP contribution is -2.91. The second kappa shape index (κ2) is 8.65. The lowest BCUT2D eigenvalue weighted by molar-refractivity contribution is -0.459. The molecular weight excluding hydrogens is 548 g/mol. The number of hydrogen-bond donors (Lipinski definition) is 2. The summed E-state index contributed by atoms with van der Waals surface area (Å²) in [5.41, 5.74) is -4.57. The summed E-state index contributed by atoms with van der Waals surface area (Å²) < 4.78 is 36.2. The molecule has 0 amide bonds. The molecule has 1 unspecified atom stereocenters. The van der Waals surface area contributed by atoms with Crippen molar-refractivity contribution >= 4 is 17.7 Å². The third-order valence-corrected chi connectivity index (χ3v) is 12.8. The molecule has 1 aromatic rings. The van der Waals surface area contributed by atoms with Gasteiger partial charge < -0.3 is 38.3 Å². The van der Waals surface area contributed by atoms with Crippen LogP contribution in [0.2, 0.25) is 0 Å². The van der Waals surface area contributed by atoms with Gasteiger partial charge >= 0.3 is 11.9 Å². The van der Waals surface area contributed by atoms with E-state index in [1.807, 2.05) is 26.8 Å². The van der Waals surface area contributed by atoms with Crippen molar-refractivity contribution in [1.82, 2.24) is 0 Å². The molecular formula is C31H40O11. The molecule has 230 valence electrons. The highest BCUT2D eigenvalue weighted by molar-refractivity contribution is 5.93. The molecule has 6 aliphatic rings. The van der Waals surface area contributed by atoms with Crippen LogP contribution >= 0.6 is 0 Å². The van der Waals surface area contributed by atoms with Gasteiger partial charge in [-0.1, -0.05) is 20.8 Å². The molecule has 14 atom stereocenters. The molecule has 1 aromatic heterocycles. The predicted molar refractivity (Wildman–Crippen MR) is 142 cm³/mol. The fraction of sp³-hybridized carbons (Fsp3) is 0.774. The third kappa shape index (κ3) is 2.84. The maximum atomic E-state index is 15.1. The molecule has 4 saturated carbocycles. The maximum Gasteiger partial charge on any atom is 0.303 e. The first-order valence-electron chi connectivity index (χ1n) is 14.8. The minimum atomic E-state index is -1.26.